The second kappa shape index (κ2) is 10.1. The summed E-state index contributed by atoms with van der Waals surface area (Å²) in [4.78, 5) is 23.8. The van der Waals surface area contributed by atoms with E-state index in [1.807, 2.05) is 41.1 Å². The van der Waals surface area contributed by atoms with E-state index in [0.717, 1.165) is 24.3 Å². The number of rotatable bonds is 9. The van der Waals surface area contributed by atoms with E-state index in [2.05, 4.69) is 30.7 Å². The molecule has 7 heteroatoms. The van der Waals surface area contributed by atoms with Crippen LogP contribution in [0, 0.1) is 11.7 Å². The van der Waals surface area contributed by atoms with Crippen molar-refractivity contribution in [3.05, 3.63) is 41.8 Å². The fourth-order valence-electron chi connectivity index (χ4n) is 4.02. The number of aromatic nitrogens is 2. The normalized spacial score (nSPS) is 17.1. The number of hydrogen-bond donors (Lipinski definition) is 0. The molecule has 3 rings (SSSR count). The molecule has 1 aromatic heterocycles. The van der Waals surface area contributed by atoms with Gasteiger partial charge in [0.15, 0.2) is 11.6 Å². The number of ketones is 1. The summed E-state index contributed by atoms with van der Waals surface area (Å²) in [7, 11) is 1.92. The van der Waals surface area contributed by atoms with E-state index in [4.69, 9.17) is 4.74 Å². The van der Waals surface area contributed by atoms with Gasteiger partial charge in [0.2, 0.25) is 5.95 Å². The van der Waals surface area contributed by atoms with Crippen LogP contribution in [0.5, 0.6) is 5.75 Å². The van der Waals surface area contributed by atoms with Gasteiger partial charge in [-0.2, -0.15) is 4.98 Å². The Labute approximate surface area is 184 Å². The minimum atomic E-state index is -0.411. The molecule has 1 fully saturated rings. The molecule has 0 aliphatic carbocycles. The molecule has 6 nitrogen and oxygen atoms in total. The van der Waals surface area contributed by atoms with E-state index in [1.54, 1.807) is 6.92 Å². The molecule has 0 saturated carbocycles. The van der Waals surface area contributed by atoms with Gasteiger partial charge in [-0.25, -0.2) is 9.37 Å². The Morgan fingerprint density at radius 3 is 2.65 bits per heavy atom. The molecule has 0 N–H and O–H groups in total. The molecule has 2 atom stereocenters. The minimum absolute atomic E-state index is 0.0355. The average molecular weight is 429 g/mol. The highest BCUT2D eigenvalue weighted by atomic mass is 19.1. The predicted molar refractivity (Wildman–Crippen MR) is 121 cm³/mol. The smallest absolute Gasteiger partial charge is 0.227 e. The Hall–Kier alpha value is -2.70. The van der Waals surface area contributed by atoms with Crippen molar-refractivity contribution in [1.29, 1.82) is 0 Å². The highest BCUT2D eigenvalue weighted by Gasteiger charge is 2.28. The van der Waals surface area contributed by atoms with Crippen molar-refractivity contribution >= 4 is 17.5 Å². The van der Waals surface area contributed by atoms with E-state index >= 15 is 0 Å². The van der Waals surface area contributed by atoms with Gasteiger partial charge < -0.3 is 19.3 Å². The topological polar surface area (TPSA) is 58.6 Å². The van der Waals surface area contributed by atoms with Crippen molar-refractivity contribution in [3.63, 3.8) is 0 Å². The zero-order valence-electron chi connectivity index (χ0n) is 19.1. The summed E-state index contributed by atoms with van der Waals surface area (Å²) in [6, 6.07) is 7.91. The van der Waals surface area contributed by atoms with Crippen molar-refractivity contribution in [1.82, 2.24) is 9.97 Å². The van der Waals surface area contributed by atoms with Crippen LogP contribution in [0.3, 0.4) is 0 Å². The maximum absolute atomic E-state index is 14.5. The molecule has 0 amide bonds. The molecule has 1 aromatic carbocycles. The van der Waals surface area contributed by atoms with Crippen LogP contribution >= 0.6 is 0 Å². The molecular formula is C24H33FN4O2. The van der Waals surface area contributed by atoms with Crippen molar-refractivity contribution in [2.75, 3.05) is 36.5 Å². The number of benzene rings is 1. The van der Waals surface area contributed by atoms with E-state index < -0.39 is 5.82 Å². The number of ether oxygens (including phenoxy) is 1. The minimum Gasteiger partial charge on any atom is -0.489 e. The second-order valence-corrected chi connectivity index (χ2v) is 8.97. The number of carbonyl (C=O) groups excluding carboxylic acids is 1. The fraction of sp³-hybridized carbons (Fsp3) is 0.542. The molecule has 1 aliphatic rings. The first-order chi connectivity index (χ1) is 14.7. The molecule has 2 aromatic rings. The molecule has 2 heterocycles. The Morgan fingerprint density at radius 1 is 1.29 bits per heavy atom. The monoisotopic (exact) mass is 428 g/mol. The predicted octanol–water partition coefficient (Wildman–Crippen LogP) is 4.45. The molecule has 0 unspecified atom stereocenters. The first-order valence-electron chi connectivity index (χ1n) is 11.0. The van der Waals surface area contributed by atoms with Crippen molar-refractivity contribution in [2.24, 2.45) is 5.92 Å². The molecule has 0 bridgehead atoms. The van der Waals surface area contributed by atoms with Crippen LogP contribution in [-0.2, 0) is 4.79 Å². The van der Waals surface area contributed by atoms with Crippen LogP contribution in [0.2, 0.25) is 0 Å². The lowest BCUT2D eigenvalue weighted by Crippen LogP contribution is -2.28. The van der Waals surface area contributed by atoms with Gasteiger partial charge in [-0.3, -0.25) is 0 Å². The lowest BCUT2D eigenvalue weighted by atomic mass is 9.96. The Balaban J connectivity index is 1.62. The third-order valence-corrected chi connectivity index (χ3v) is 5.48. The third kappa shape index (κ3) is 6.15. The SMILES string of the molecule is CC(=O)C[C@@H](C)c1ccc(O[C@@H]2CCN(c3nc(N(C)CC(C)C)ncc3F)C2)cc1. The Morgan fingerprint density at radius 2 is 2.00 bits per heavy atom. The van der Waals surface area contributed by atoms with Crippen LogP contribution in [0.4, 0.5) is 16.2 Å². The third-order valence-electron chi connectivity index (χ3n) is 5.48. The van der Waals surface area contributed by atoms with Gasteiger partial charge in [0.1, 0.15) is 17.6 Å². The maximum Gasteiger partial charge on any atom is 0.227 e. The van der Waals surface area contributed by atoms with E-state index in [-0.39, 0.29) is 17.8 Å². The summed E-state index contributed by atoms with van der Waals surface area (Å²) in [5.41, 5.74) is 1.12. The van der Waals surface area contributed by atoms with Gasteiger partial charge in [-0.05, 0) is 36.5 Å². The summed E-state index contributed by atoms with van der Waals surface area (Å²) in [6.07, 6.45) is 2.55. The van der Waals surface area contributed by atoms with Gasteiger partial charge in [0.05, 0.1) is 12.7 Å². The highest BCUT2D eigenvalue weighted by Crippen LogP contribution is 2.27. The van der Waals surface area contributed by atoms with Crippen LogP contribution in [-0.4, -0.2) is 48.5 Å². The van der Waals surface area contributed by atoms with Gasteiger partial charge in [-0.1, -0.05) is 32.9 Å². The Kier molecular flexibility index (Phi) is 7.46. The van der Waals surface area contributed by atoms with Gasteiger partial charge >= 0.3 is 0 Å². The number of hydrogen-bond acceptors (Lipinski definition) is 6. The number of nitrogens with zero attached hydrogens (tertiary/aromatic N) is 4. The standard InChI is InChI=1S/C24H33FN4O2/c1-16(2)14-28(5)24-26-13-22(25)23(27-24)29-11-10-21(15-29)31-20-8-6-19(7-9-20)17(3)12-18(4)30/h6-9,13,16-17,21H,10-12,14-15H2,1-5H3/t17-,21-/m1/s1. The zero-order valence-corrected chi connectivity index (χ0v) is 19.1. The summed E-state index contributed by atoms with van der Waals surface area (Å²) >= 11 is 0. The van der Waals surface area contributed by atoms with Crippen molar-refractivity contribution in [3.8, 4) is 5.75 Å². The summed E-state index contributed by atoms with van der Waals surface area (Å²) in [5.74, 6) is 2.08. The van der Waals surface area contributed by atoms with E-state index in [1.165, 1.54) is 6.20 Å². The number of carbonyl (C=O) groups is 1. The zero-order chi connectivity index (χ0) is 22.5. The molecule has 1 saturated heterocycles. The average Bonchev–Trinajstić information content (AvgIpc) is 3.16. The highest BCUT2D eigenvalue weighted by molar-refractivity contribution is 5.76. The molecule has 168 valence electrons. The van der Waals surface area contributed by atoms with Crippen molar-refractivity contribution < 1.29 is 13.9 Å². The number of halogens is 1. The summed E-state index contributed by atoms with van der Waals surface area (Å²) in [5, 5.41) is 0. The van der Waals surface area contributed by atoms with Crippen LogP contribution in [0.15, 0.2) is 30.5 Å². The summed E-state index contributed by atoms with van der Waals surface area (Å²) < 4.78 is 20.6. The largest absolute Gasteiger partial charge is 0.489 e. The second-order valence-electron chi connectivity index (χ2n) is 8.97. The first kappa shape index (κ1) is 23.0. The maximum atomic E-state index is 14.5. The van der Waals surface area contributed by atoms with Crippen LogP contribution in [0.1, 0.15) is 52.0 Å². The van der Waals surface area contributed by atoms with Crippen LogP contribution in [0.25, 0.3) is 0 Å². The Bertz CT molecular complexity index is 888. The molecular weight excluding hydrogens is 395 g/mol. The molecule has 0 spiro atoms. The van der Waals surface area contributed by atoms with Gasteiger partial charge in [-0.15, -0.1) is 0 Å². The quantitative estimate of drug-likeness (QED) is 0.588. The number of Topliss-reactive ketones (excluding diaryl/α,β-unsaturated/α-hetero) is 1. The summed E-state index contributed by atoms with van der Waals surface area (Å²) in [6.45, 7) is 9.97. The number of anilines is 2. The van der Waals surface area contributed by atoms with E-state index in [0.29, 0.717) is 37.2 Å². The van der Waals surface area contributed by atoms with Gasteiger partial charge in [0, 0.05) is 33.0 Å². The molecule has 1 aliphatic heterocycles. The molecule has 31 heavy (non-hydrogen) atoms. The lowest BCUT2D eigenvalue weighted by molar-refractivity contribution is -0.117. The fourth-order valence-corrected chi connectivity index (χ4v) is 4.02. The lowest BCUT2D eigenvalue weighted by Gasteiger charge is -2.23. The van der Waals surface area contributed by atoms with Gasteiger partial charge in [0.25, 0.3) is 0 Å². The van der Waals surface area contributed by atoms with E-state index in [9.17, 15) is 9.18 Å². The first-order valence-corrected chi connectivity index (χ1v) is 11.0. The van der Waals surface area contributed by atoms with Crippen molar-refractivity contribution in [2.45, 2.75) is 52.6 Å². The molecule has 0 radical (unpaired) electrons. The van der Waals surface area contributed by atoms with Crippen LogP contribution < -0.4 is 14.5 Å².